The summed E-state index contributed by atoms with van der Waals surface area (Å²) in [6, 6.07) is 3.59. The summed E-state index contributed by atoms with van der Waals surface area (Å²) in [5, 5.41) is 0. The molecule has 17 heavy (non-hydrogen) atoms. The van der Waals surface area contributed by atoms with Gasteiger partial charge < -0.3 is 4.74 Å². The van der Waals surface area contributed by atoms with Gasteiger partial charge in [-0.15, -0.1) is 0 Å². The third-order valence-corrected chi connectivity index (χ3v) is 2.56. The van der Waals surface area contributed by atoms with Crippen LogP contribution in [0.3, 0.4) is 0 Å². The maximum absolute atomic E-state index is 12.0. The molecule has 0 radical (unpaired) electrons. The van der Waals surface area contributed by atoms with Gasteiger partial charge in [0.1, 0.15) is 17.2 Å². The number of aromatic nitrogens is 1. The highest BCUT2D eigenvalue weighted by atomic mass is 16.6. The molecule has 0 N–H and O–H groups in total. The van der Waals surface area contributed by atoms with Gasteiger partial charge in [0.15, 0.2) is 5.78 Å². The first kappa shape index (κ1) is 11.8. The van der Waals surface area contributed by atoms with Crippen molar-refractivity contribution in [3.05, 3.63) is 29.6 Å². The molecule has 1 aliphatic rings. The third-order valence-electron chi connectivity index (χ3n) is 2.56. The van der Waals surface area contributed by atoms with E-state index in [2.05, 4.69) is 4.98 Å². The Balaban J connectivity index is 2.18. The summed E-state index contributed by atoms with van der Waals surface area (Å²) in [6.45, 7) is 5.36. The second-order valence-electron chi connectivity index (χ2n) is 5.17. The van der Waals surface area contributed by atoms with Crippen LogP contribution in [0.15, 0.2) is 18.3 Å². The fourth-order valence-electron chi connectivity index (χ4n) is 1.87. The summed E-state index contributed by atoms with van der Waals surface area (Å²) in [7, 11) is 0. The first-order valence-corrected chi connectivity index (χ1v) is 5.59. The van der Waals surface area contributed by atoms with Crippen molar-refractivity contribution in [3.8, 4) is 0 Å². The predicted molar refractivity (Wildman–Crippen MR) is 61.6 cm³/mol. The van der Waals surface area contributed by atoms with Crippen molar-refractivity contribution in [3.63, 3.8) is 0 Å². The minimum absolute atomic E-state index is 0.227. The van der Waals surface area contributed by atoms with Crippen LogP contribution in [0.2, 0.25) is 0 Å². The first-order chi connectivity index (χ1) is 7.88. The van der Waals surface area contributed by atoms with E-state index >= 15 is 0 Å². The molecular formula is C13H15NO3. The molecule has 2 rings (SSSR count). The van der Waals surface area contributed by atoms with Gasteiger partial charge in [-0.05, 0) is 38.8 Å². The van der Waals surface area contributed by atoms with Crippen molar-refractivity contribution in [2.45, 2.75) is 32.8 Å². The van der Waals surface area contributed by atoms with Crippen LogP contribution in [0, 0.1) is 5.92 Å². The zero-order valence-corrected chi connectivity index (χ0v) is 10.2. The van der Waals surface area contributed by atoms with Crippen LogP contribution >= 0.6 is 0 Å². The molecule has 0 aromatic carbocycles. The van der Waals surface area contributed by atoms with E-state index in [1.54, 1.807) is 33.0 Å². The summed E-state index contributed by atoms with van der Waals surface area (Å²) in [6.07, 6.45) is 1.96. The minimum Gasteiger partial charge on any atom is -0.459 e. The summed E-state index contributed by atoms with van der Waals surface area (Å²) in [4.78, 5) is 27.8. The van der Waals surface area contributed by atoms with Crippen molar-refractivity contribution in [1.82, 2.24) is 4.98 Å². The lowest BCUT2D eigenvalue weighted by atomic mass is 10.1. The van der Waals surface area contributed by atoms with Gasteiger partial charge in [-0.25, -0.2) is 0 Å². The Bertz CT molecular complexity index is 474. The van der Waals surface area contributed by atoms with Crippen LogP contribution in [-0.4, -0.2) is 22.3 Å². The highest BCUT2D eigenvalue weighted by Gasteiger charge is 2.39. The maximum atomic E-state index is 12.0. The average molecular weight is 233 g/mol. The summed E-state index contributed by atoms with van der Waals surface area (Å²) in [5.41, 5.74) is 0.663. The molecule has 0 fully saturated rings. The number of ketones is 1. The molecule has 1 aromatic heterocycles. The van der Waals surface area contributed by atoms with Crippen LogP contribution in [-0.2, 0) is 16.0 Å². The SMILES string of the molecule is CC(C)(C)OC(=O)C1Cc2cccnc2C1=O. The smallest absolute Gasteiger partial charge is 0.317 e. The fourth-order valence-corrected chi connectivity index (χ4v) is 1.87. The summed E-state index contributed by atoms with van der Waals surface area (Å²) >= 11 is 0. The molecule has 0 spiro atoms. The van der Waals surface area contributed by atoms with E-state index in [1.807, 2.05) is 6.07 Å². The van der Waals surface area contributed by atoms with Gasteiger partial charge in [-0.1, -0.05) is 6.07 Å². The van der Waals surface area contributed by atoms with E-state index in [1.165, 1.54) is 0 Å². The highest BCUT2D eigenvalue weighted by Crippen LogP contribution is 2.27. The normalized spacial score (nSPS) is 19.0. The number of carbonyl (C=O) groups excluding carboxylic acids is 2. The lowest BCUT2D eigenvalue weighted by Gasteiger charge is -2.21. The average Bonchev–Trinajstić information content (AvgIpc) is 2.55. The molecule has 0 saturated heterocycles. The number of rotatable bonds is 1. The van der Waals surface area contributed by atoms with E-state index < -0.39 is 17.5 Å². The number of carbonyl (C=O) groups is 2. The topological polar surface area (TPSA) is 56.3 Å². The molecule has 1 atom stereocenters. The van der Waals surface area contributed by atoms with Crippen LogP contribution in [0.4, 0.5) is 0 Å². The quantitative estimate of drug-likeness (QED) is 0.548. The Morgan fingerprint density at radius 2 is 2.18 bits per heavy atom. The lowest BCUT2D eigenvalue weighted by molar-refractivity contribution is -0.157. The number of ether oxygens (including phenoxy) is 1. The Morgan fingerprint density at radius 3 is 2.76 bits per heavy atom. The Hall–Kier alpha value is -1.71. The molecule has 1 aromatic rings. The van der Waals surface area contributed by atoms with Crippen LogP contribution < -0.4 is 0 Å². The molecule has 0 saturated carbocycles. The molecule has 0 bridgehead atoms. The standard InChI is InChI=1S/C13H15NO3/c1-13(2,3)17-12(16)9-7-8-5-4-6-14-10(8)11(9)15/h4-6,9H,7H2,1-3H3. The van der Waals surface area contributed by atoms with Gasteiger partial charge in [0.25, 0.3) is 0 Å². The van der Waals surface area contributed by atoms with Crippen LogP contribution in [0.25, 0.3) is 0 Å². The molecule has 0 amide bonds. The third kappa shape index (κ3) is 2.35. The van der Waals surface area contributed by atoms with Crippen molar-refractivity contribution in [2.75, 3.05) is 0 Å². The number of Topliss-reactive ketones (excluding diaryl/α,β-unsaturated/α-hetero) is 1. The molecule has 4 nitrogen and oxygen atoms in total. The van der Waals surface area contributed by atoms with Gasteiger partial charge in [-0.3, -0.25) is 14.6 Å². The van der Waals surface area contributed by atoms with Gasteiger partial charge in [-0.2, -0.15) is 0 Å². The number of nitrogens with zero attached hydrogens (tertiary/aromatic N) is 1. The number of fused-ring (bicyclic) bond motifs is 1. The molecule has 4 heteroatoms. The Kier molecular flexibility index (Phi) is 2.73. The second kappa shape index (κ2) is 3.95. The van der Waals surface area contributed by atoms with E-state index in [0.717, 1.165) is 5.56 Å². The van der Waals surface area contributed by atoms with Crippen molar-refractivity contribution < 1.29 is 14.3 Å². The summed E-state index contributed by atoms with van der Waals surface area (Å²) in [5.74, 6) is -1.41. The monoisotopic (exact) mass is 233 g/mol. The van der Waals surface area contributed by atoms with Crippen molar-refractivity contribution in [1.29, 1.82) is 0 Å². The van der Waals surface area contributed by atoms with Gasteiger partial charge in [0.2, 0.25) is 0 Å². The summed E-state index contributed by atoms with van der Waals surface area (Å²) < 4.78 is 5.24. The van der Waals surface area contributed by atoms with E-state index in [-0.39, 0.29) is 5.78 Å². The number of esters is 1. The Morgan fingerprint density at radius 1 is 1.47 bits per heavy atom. The maximum Gasteiger partial charge on any atom is 0.317 e. The zero-order valence-electron chi connectivity index (χ0n) is 10.2. The number of pyridine rings is 1. The zero-order chi connectivity index (χ0) is 12.6. The van der Waals surface area contributed by atoms with Crippen LogP contribution in [0.1, 0.15) is 36.8 Å². The van der Waals surface area contributed by atoms with E-state index in [4.69, 9.17) is 4.74 Å². The molecule has 90 valence electrons. The van der Waals surface area contributed by atoms with Crippen molar-refractivity contribution >= 4 is 11.8 Å². The molecule has 1 unspecified atom stereocenters. The Labute approximate surface area is 100 Å². The molecular weight excluding hydrogens is 218 g/mol. The minimum atomic E-state index is -0.723. The lowest BCUT2D eigenvalue weighted by Crippen LogP contribution is -2.31. The first-order valence-electron chi connectivity index (χ1n) is 5.59. The molecule has 1 aliphatic carbocycles. The van der Waals surface area contributed by atoms with Gasteiger partial charge in [0.05, 0.1) is 0 Å². The highest BCUT2D eigenvalue weighted by molar-refractivity contribution is 6.11. The van der Waals surface area contributed by atoms with Gasteiger partial charge in [0, 0.05) is 6.20 Å². The molecule has 0 aliphatic heterocycles. The number of hydrogen-bond acceptors (Lipinski definition) is 4. The van der Waals surface area contributed by atoms with Crippen molar-refractivity contribution in [2.24, 2.45) is 5.92 Å². The fraction of sp³-hybridized carbons (Fsp3) is 0.462. The van der Waals surface area contributed by atoms with Gasteiger partial charge >= 0.3 is 5.97 Å². The predicted octanol–water partition coefficient (Wildman–Crippen LogP) is 1.78. The second-order valence-corrected chi connectivity index (χ2v) is 5.17. The van der Waals surface area contributed by atoms with E-state index in [9.17, 15) is 9.59 Å². The van der Waals surface area contributed by atoms with E-state index in [0.29, 0.717) is 12.1 Å². The number of hydrogen-bond donors (Lipinski definition) is 0. The largest absolute Gasteiger partial charge is 0.459 e. The van der Waals surface area contributed by atoms with Crippen LogP contribution in [0.5, 0.6) is 0 Å². The molecule has 1 heterocycles.